The quantitative estimate of drug-likeness (QED) is 0.143. The number of ketones is 1. The van der Waals surface area contributed by atoms with Crippen molar-refractivity contribution in [3.05, 3.63) is 0 Å². The van der Waals surface area contributed by atoms with Gasteiger partial charge in [-0.1, -0.05) is 27.7 Å². The molecule has 0 bridgehead atoms. The van der Waals surface area contributed by atoms with E-state index >= 15 is 0 Å². The van der Waals surface area contributed by atoms with E-state index in [2.05, 4.69) is 27.7 Å². The molecule has 9 N–H and O–H groups in total. The van der Waals surface area contributed by atoms with Gasteiger partial charge in [-0.15, -0.1) is 0 Å². The van der Waals surface area contributed by atoms with E-state index in [0.717, 1.165) is 44.9 Å². The number of carbonyl (C=O) groups excluding carboxylic acids is 1. The van der Waals surface area contributed by atoms with Gasteiger partial charge in [0.25, 0.3) is 0 Å². The fraction of sp³-hybridized carbons (Fsp3) is 0.978. The van der Waals surface area contributed by atoms with Gasteiger partial charge in [-0.05, 0) is 112 Å². The maximum absolute atomic E-state index is 14.4. The molecule has 0 aromatic heterocycles. The molecular formula is C45H74O17. The van der Waals surface area contributed by atoms with Gasteiger partial charge in [-0.3, -0.25) is 4.79 Å². The van der Waals surface area contributed by atoms with Gasteiger partial charge in [0.1, 0.15) is 66.8 Å². The third-order valence-electron chi connectivity index (χ3n) is 17.7. The summed E-state index contributed by atoms with van der Waals surface area (Å²) >= 11 is 0. The van der Waals surface area contributed by atoms with E-state index in [9.17, 15) is 50.8 Å². The summed E-state index contributed by atoms with van der Waals surface area (Å²) in [6, 6.07) is 0. The van der Waals surface area contributed by atoms with Crippen LogP contribution in [0.15, 0.2) is 0 Å². The number of aliphatic hydroxyl groups excluding tert-OH is 9. The van der Waals surface area contributed by atoms with Crippen LogP contribution < -0.4 is 0 Å². The van der Waals surface area contributed by atoms with Crippen molar-refractivity contribution < 1.29 is 83.9 Å². The Morgan fingerprint density at radius 3 is 1.89 bits per heavy atom. The van der Waals surface area contributed by atoms with Crippen LogP contribution in [0.2, 0.25) is 0 Å². The molecule has 0 unspecified atom stereocenters. The number of hydrogen-bond donors (Lipinski definition) is 9. The van der Waals surface area contributed by atoms with Crippen molar-refractivity contribution in [1.29, 1.82) is 0 Å². The molecule has 8 aliphatic rings. The molecule has 0 amide bonds. The van der Waals surface area contributed by atoms with Crippen molar-refractivity contribution >= 4 is 5.78 Å². The van der Waals surface area contributed by atoms with Gasteiger partial charge in [-0.2, -0.15) is 0 Å². The number of ether oxygens (including phenoxy) is 7. The van der Waals surface area contributed by atoms with Crippen molar-refractivity contribution in [3.8, 4) is 0 Å². The molecule has 0 radical (unpaired) electrons. The number of rotatable bonds is 9. The minimum absolute atomic E-state index is 0.0229. The molecule has 0 spiro atoms. The molecule has 4 aliphatic carbocycles. The predicted molar refractivity (Wildman–Crippen MR) is 215 cm³/mol. The van der Waals surface area contributed by atoms with Gasteiger partial charge in [0.15, 0.2) is 25.2 Å². The van der Waals surface area contributed by atoms with Gasteiger partial charge >= 0.3 is 0 Å². The third kappa shape index (κ3) is 8.27. The lowest BCUT2D eigenvalue weighted by atomic mass is 9.44. The average molecular weight is 887 g/mol. The second-order valence-electron chi connectivity index (χ2n) is 21.1. The fourth-order valence-electron chi connectivity index (χ4n) is 13.8. The second-order valence-corrected chi connectivity index (χ2v) is 21.1. The first kappa shape index (κ1) is 47.5. The van der Waals surface area contributed by atoms with E-state index < -0.39 is 111 Å². The van der Waals surface area contributed by atoms with Crippen LogP contribution >= 0.6 is 0 Å². The Hall–Kier alpha value is -0.970. The Morgan fingerprint density at radius 2 is 1.24 bits per heavy atom. The molecule has 0 aromatic rings. The van der Waals surface area contributed by atoms with Crippen LogP contribution in [-0.2, 0) is 38.0 Å². The lowest BCUT2D eigenvalue weighted by molar-refractivity contribution is -0.370. The lowest BCUT2D eigenvalue weighted by Gasteiger charge is -2.61. The first-order valence-electron chi connectivity index (χ1n) is 23.4. The summed E-state index contributed by atoms with van der Waals surface area (Å²) in [6.07, 6.45) is -13.0. The smallest absolute Gasteiger partial charge is 0.189 e. The van der Waals surface area contributed by atoms with Crippen LogP contribution in [0.4, 0.5) is 0 Å². The molecule has 27 atom stereocenters. The molecule has 17 heteroatoms. The SMILES string of the molecule is C[C@H]([C@@H]1CC[C@H](C)[C@@H](O[C@H]2O[C@@H](C)[C@H](O)[C@@H](O)[C@H]2O)O1)[C@H]1CC[C@H]2[C@@H]3CC(=O)[C@H]4C[C@@H](O[C@@H]5O[C@H](CO)[C@@H](O)[C@H](O)[C@H]5O[C@H]5O[C@@H](C)[C@H](O)[C@@H](O)[C@H]5O)CC[C@]4(C)[C@H]3CC[C@]12C. The summed E-state index contributed by atoms with van der Waals surface area (Å²) in [4.78, 5) is 14.4. The summed E-state index contributed by atoms with van der Waals surface area (Å²) in [6.45, 7) is 11.6. The lowest BCUT2D eigenvalue weighted by Crippen LogP contribution is -2.64. The summed E-state index contributed by atoms with van der Waals surface area (Å²) in [5.41, 5.74) is -0.222. The van der Waals surface area contributed by atoms with E-state index in [4.69, 9.17) is 33.2 Å². The summed E-state index contributed by atoms with van der Waals surface area (Å²) in [5, 5.41) is 94.4. The molecule has 17 nitrogen and oxygen atoms in total. The number of carbonyl (C=O) groups is 1. The summed E-state index contributed by atoms with van der Waals surface area (Å²) in [7, 11) is 0. The van der Waals surface area contributed by atoms with Crippen LogP contribution in [0.25, 0.3) is 0 Å². The highest BCUT2D eigenvalue weighted by Crippen LogP contribution is 2.68. The Labute approximate surface area is 364 Å². The molecule has 356 valence electrons. The Morgan fingerprint density at radius 1 is 0.629 bits per heavy atom. The van der Waals surface area contributed by atoms with Crippen molar-refractivity contribution in [2.45, 2.75) is 216 Å². The van der Waals surface area contributed by atoms with Crippen LogP contribution in [-0.4, -0.2) is 169 Å². The van der Waals surface area contributed by atoms with E-state index in [0.29, 0.717) is 37.0 Å². The molecule has 4 heterocycles. The highest BCUT2D eigenvalue weighted by molar-refractivity contribution is 5.83. The van der Waals surface area contributed by atoms with E-state index in [1.54, 1.807) is 6.92 Å². The zero-order valence-corrected chi connectivity index (χ0v) is 37.0. The number of hydrogen-bond acceptors (Lipinski definition) is 17. The number of Topliss-reactive ketones (excluding diaryl/α,β-unsaturated/α-hetero) is 1. The normalized spacial score (nSPS) is 56.4. The fourth-order valence-corrected chi connectivity index (χ4v) is 13.8. The zero-order chi connectivity index (χ0) is 44.7. The molecule has 4 saturated heterocycles. The maximum Gasteiger partial charge on any atom is 0.189 e. The molecule has 4 saturated carbocycles. The topological polar surface area (TPSA) is 264 Å². The van der Waals surface area contributed by atoms with E-state index in [1.807, 2.05) is 0 Å². The minimum Gasteiger partial charge on any atom is -0.394 e. The van der Waals surface area contributed by atoms with Crippen molar-refractivity contribution in [1.82, 2.24) is 0 Å². The van der Waals surface area contributed by atoms with Gasteiger partial charge in [-0.25, -0.2) is 0 Å². The highest BCUT2D eigenvalue weighted by atomic mass is 16.8. The minimum atomic E-state index is -1.67. The number of aliphatic hydroxyl groups is 9. The molecule has 0 aromatic carbocycles. The molecular weight excluding hydrogens is 812 g/mol. The van der Waals surface area contributed by atoms with Crippen LogP contribution in [0.3, 0.4) is 0 Å². The monoisotopic (exact) mass is 886 g/mol. The van der Waals surface area contributed by atoms with Crippen molar-refractivity contribution in [2.24, 2.45) is 52.3 Å². The number of fused-ring (bicyclic) bond motifs is 5. The summed E-state index contributed by atoms with van der Waals surface area (Å²) in [5.74, 6) is 1.60. The van der Waals surface area contributed by atoms with Gasteiger partial charge < -0.3 is 79.1 Å². The van der Waals surface area contributed by atoms with Crippen LogP contribution in [0.1, 0.15) is 106 Å². The predicted octanol–water partition coefficient (Wildman–Crippen LogP) is 0.483. The first-order valence-corrected chi connectivity index (χ1v) is 23.4. The Balaban J connectivity index is 0.917. The third-order valence-corrected chi connectivity index (χ3v) is 17.7. The first-order chi connectivity index (χ1) is 29.3. The van der Waals surface area contributed by atoms with E-state index in [1.165, 1.54) is 6.92 Å². The standard InChI is InChI=1S/C45H74O17/c1-18-7-10-29(59-40(18)62-42-38(55)35(52)32(49)21(4)57-42)19(2)24-8-9-25-23-16-28(47)27-15-22(11-13-45(27,6)26(23)12-14-44(24,25)5)58-43-39(36(53)33(50)30(17-46)60-43)61-41-37(54)34(51)31(48)20(3)56-41/h18-27,29-43,46,48-55H,7-17H2,1-6H3/t18-,19-,20-,21-,22-,23-,24+,25-,26-,27+,29-,30+,31-,32-,33+,34+,35+,36-,37+,38+,39+,40+,41+,42+,43+,44+,45+/m0/s1. The molecule has 8 rings (SSSR count). The molecule has 4 aliphatic heterocycles. The van der Waals surface area contributed by atoms with Gasteiger partial charge in [0.05, 0.1) is 31.0 Å². The largest absolute Gasteiger partial charge is 0.394 e. The Kier molecular flexibility index (Phi) is 14.0. The van der Waals surface area contributed by atoms with Gasteiger partial charge in [0, 0.05) is 18.3 Å². The Bertz CT molecular complexity index is 1560. The average Bonchev–Trinajstić information content (AvgIpc) is 3.60. The van der Waals surface area contributed by atoms with Crippen LogP contribution in [0, 0.1) is 52.3 Å². The van der Waals surface area contributed by atoms with Crippen molar-refractivity contribution in [3.63, 3.8) is 0 Å². The molecule has 62 heavy (non-hydrogen) atoms. The molecule has 8 fully saturated rings. The maximum atomic E-state index is 14.4. The highest BCUT2D eigenvalue weighted by Gasteiger charge is 2.64. The second kappa shape index (κ2) is 18.3. The van der Waals surface area contributed by atoms with Crippen LogP contribution in [0.5, 0.6) is 0 Å². The van der Waals surface area contributed by atoms with E-state index in [-0.39, 0.29) is 46.4 Å². The van der Waals surface area contributed by atoms with Crippen molar-refractivity contribution in [2.75, 3.05) is 6.61 Å². The summed E-state index contributed by atoms with van der Waals surface area (Å²) < 4.78 is 42.7. The van der Waals surface area contributed by atoms with Gasteiger partial charge in [0.2, 0.25) is 0 Å². The zero-order valence-electron chi connectivity index (χ0n) is 37.0.